The van der Waals surface area contributed by atoms with Crippen LogP contribution in [0.1, 0.15) is 43.6 Å². The van der Waals surface area contributed by atoms with Crippen LogP contribution in [0.4, 0.5) is 4.39 Å². The molecule has 1 fully saturated rings. The number of halogens is 1. The third kappa shape index (κ3) is 3.84. The van der Waals surface area contributed by atoms with Crippen molar-refractivity contribution < 1.29 is 4.39 Å². The van der Waals surface area contributed by atoms with Crippen molar-refractivity contribution in [3.05, 3.63) is 53.9 Å². The SMILES string of the molecule is CC/C=C(\C=NC)c1ccnc2[nH]cc(-c3cc(F)c4nc(C)n(C5CCN(C)CC5)c4c3)c12. The van der Waals surface area contributed by atoms with Gasteiger partial charge >= 0.3 is 0 Å². The van der Waals surface area contributed by atoms with E-state index in [2.05, 4.69) is 55.5 Å². The predicted molar refractivity (Wildman–Crippen MR) is 138 cm³/mol. The zero-order valence-corrected chi connectivity index (χ0v) is 20.3. The van der Waals surface area contributed by atoms with Crippen molar-refractivity contribution in [2.24, 2.45) is 4.99 Å². The van der Waals surface area contributed by atoms with Crippen LogP contribution in [0.3, 0.4) is 0 Å². The number of aromatic nitrogens is 4. The molecule has 0 atom stereocenters. The second kappa shape index (κ2) is 9.14. The van der Waals surface area contributed by atoms with Crippen molar-refractivity contribution in [3.8, 4) is 11.1 Å². The van der Waals surface area contributed by atoms with Crippen LogP contribution in [0.15, 0.2) is 41.7 Å². The number of H-pyrrole nitrogens is 1. The quantitative estimate of drug-likeness (QED) is 0.385. The first-order valence-corrected chi connectivity index (χ1v) is 12.0. The minimum atomic E-state index is -0.290. The first-order valence-electron chi connectivity index (χ1n) is 12.0. The van der Waals surface area contributed by atoms with E-state index >= 15 is 4.39 Å². The Bertz CT molecular complexity index is 1400. The Morgan fingerprint density at radius 1 is 1.29 bits per heavy atom. The van der Waals surface area contributed by atoms with E-state index in [1.807, 2.05) is 25.4 Å². The van der Waals surface area contributed by atoms with Crippen LogP contribution in [0, 0.1) is 12.7 Å². The average molecular weight is 459 g/mol. The van der Waals surface area contributed by atoms with Crippen molar-refractivity contribution in [2.45, 2.75) is 39.2 Å². The summed E-state index contributed by atoms with van der Waals surface area (Å²) >= 11 is 0. The number of nitrogens with zero attached hydrogens (tertiary/aromatic N) is 5. The summed E-state index contributed by atoms with van der Waals surface area (Å²) in [5.41, 5.74) is 5.91. The second-order valence-corrected chi connectivity index (χ2v) is 9.13. The zero-order valence-electron chi connectivity index (χ0n) is 20.3. The minimum Gasteiger partial charge on any atom is -0.345 e. The fourth-order valence-corrected chi connectivity index (χ4v) is 5.25. The Labute approximate surface area is 199 Å². The van der Waals surface area contributed by atoms with Crippen LogP contribution in [0.25, 0.3) is 38.8 Å². The number of hydrogen-bond acceptors (Lipinski definition) is 4. The van der Waals surface area contributed by atoms with Gasteiger partial charge < -0.3 is 14.5 Å². The van der Waals surface area contributed by atoms with Crippen LogP contribution in [-0.4, -0.2) is 57.8 Å². The fourth-order valence-electron chi connectivity index (χ4n) is 5.25. The molecule has 0 aliphatic carbocycles. The molecule has 4 heterocycles. The molecule has 0 bridgehead atoms. The lowest BCUT2D eigenvalue weighted by atomic mass is 9.97. The molecule has 1 saturated heterocycles. The number of pyridine rings is 1. The van der Waals surface area contributed by atoms with Crippen molar-refractivity contribution in [2.75, 3.05) is 27.2 Å². The van der Waals surface area contributed by atoms with E-state index in [1.54, 1.807) is 19.3 Å². The predicted octanol–water partition coefficient (Wildman–Crippen LogP) is 5.79. The van der Waals surface area contributed by atoms with Gasteiger partial charge in [-0.15, -0.1) is 0 Å². The summed E-state index contributed by atoms with van der Waals surface area (Å²) in [5, 5.41) is 0.975. The molecule has 7 heteroatoms. The van der Waals surface area contributed by atoms with Crippen LogP contribution in [0.5, 0.6) is 0 Å². The topological polar surface area (TPSA) is 62.1 Å². The number of allylic oxidation sites excluding steroid dienone is 2. The molecule has 1 aliphatic heterocycles. The monoisotopic (exact) mass is 458 g/mol. The summed E-state index contributed by atoms with van der Waals surface area (Å²) in [6.07, 6.45) is 10.7. The molecule has 0 spiro atoms. The van der Waals surface area contributed by atoms with E-state index in [-0.39, 0.29) is 5.82 Å². The van der Waals surface area contributed by atoms with Gasteiger partial charge in [-0.05, 0) is 81.2 Å². The molecule has 3 aromatic heterocycles. The van der Waals surface area contributed by atoms with E-state index in [4.69, 9.17) is 0 Å². The van der Waals surface area contributed by atoms with E-state index in [1.165, 1.54) is 0 Å². The number of hydrogen-bond donors (Lipinski definition) is 1. The molecule has 0 saturated carbocycles. The smallest absolute Gasteiger partial charge is 0.151 e. The third-order valence-electron chi connectivity index (χ3n) is 6.87. The van der Waals surface area contributed by atoms with Crippen molar-refractivity contribution in [1.82, 2.24) is 24.4 Å². The number of aromatic amines is 1. The fraction of sp³-hybridized carbons (Fsp3) is 0.370. The van der Waals surface area contributed by atoms with Gasteiger partial charge in [-0.25, -0.2) is 14.4 Å². The molecule has 34 heavy (non-hydrogen) atoms. The van der Waals surface area contributed by atoms with Crippen molar-refractivity contribution in [1.29, 1.82) is 0 Å². The number of imidazole rings is 1. The van der Waals surface area contributed by atoms with Gasteiger partial charge in [0.15, 0.2) is 5.82 Å². The lowest BCUT2D eigenvalue weighted by Gasteiger charge is -2.31. The number of fused-ring (bicyclic) bond motifs is 2. The van der Waals surface area contributed by atoms with Crippen LogP contribution in [0.2, 0.25) is 0 Å². The van der Waals surface area contributed by atoms with Crippen LogP contribution < -0.4 is 0 Å². The summed E-state index contributed by atoms with van der Waals surface area (Å²) < 4.78 is 17.7. The minimum absolute atomic E-state index is 0.290. The van der Waals surface area contributed by atoms with Gasteiger partial charge in [-0.1, -0.05) is 13.0 Å². The normalized spacial score (nSPS) is 16.4. The summed E-state index contributed by atoms with van der Waals surface area (Å²) in [5.74, 6) is 0.579. The third-order valence-corrected chi connectivity index (χ3v) is 6.87. The molecule has 5 rings (SSSR count). The van der Waals surface area contributed by atoms with E-state index in [0.717, 1.165) is 77.0 Å². The van der Waals surface area contributed by atoms with Crippen LogP contribution >= 0.6 is 0 Å². The van der Waals surface area contributed by atoms with Crippen molar-refractivity contribution in [3.63, 3.8) is 0 Å². The molecule has 6 nitrogen and oxygen atoms in total. The molecular weight excluding hydrogens is 427 g/mol. The first kappa shape index (κ1) is 22.5. The number of piperidine rings is 1. The van der Waals surface area contributed by atoms with Crippen molar-refractivity contribution >= 4 is 33.9 Å². The number of likely N-dealkylation sites (tertiary alicyclic amines) is 1. The number of rotatable bonds is 5. The standard InChI is InChI=1S/C27H31FN6/c1-5-6-18(15-29-3)21-7-10-30-27-25(21)22(16-31-27)19-13-23(28)26-24(14-19)34(17(2)32-26)20-8-11-33(4)12-9-20/h6-7,10,13-16,20H,5,8-9,11-12H2,1-4H3,(H,30,31)/b18-6+,29-15?. The van der Waals surface area contributed by atoms with Gasteiger partial charge in [0, 0.05) is 42.6 Å². The molecule has 1 N–H and O–H groups in total. The Kier molecular flexibility index (Phi) is 6.04. The highest BCUT2D eigenvalue weighted by atomic mass is 19.1. The van der Waals surface area contributed by atoms with E-state index in [0.29, 0.717) is 11.6 Å². The largest absolute Gasteiger partial charge is 0.345 e. The highest BCUT2D eigenvalue weighted by Crippen LogP contribution is 2.37. The highest BCUT2D eigenvalue weighted by molar-refractivity contribution is 6.16. The maximum atomic E-state index is 15.4. The highest BCUT2D eigenvalue weighted by Gasteiger charge is 2.24. The van der Waals surface area contributed by atoms with Gasteiger partial charge in [0.25, 0.3) is 0 Å². The maximum absolute atomic E-state index is 15.4. The van der Waals surface area contributed by atoms with Gasteiger partial charge in [0.05, 0.1) is 5.52 Å². The maximum Gasteiger partial charge on any atom is 0.151 e. The number of benzene rings is 1. The van der Waals surface area contributed by atoms with Gasteiger partial charge in [-0.2, -0.15) is 0 Å². The Morgan fingerprint density at radius 3 is 2.82 bits per heavy atom. The molecule has 176 valence electrons. The van der Waals surface area contributed by atoms with E-state index in [9.17, 15) is 0 Å². The molecule has 0 unspecified atom stereocenters. The Balaban J connectivity index is 1.70. The lowest BCUT2D eigenvalue weighted by Crippen LogP contribution is -2.31. The Morgan fingerprint density at radius 2 is 2.09 bits per heavy atom. The zero-order chi connectivity index (χ0) is 23.8. The lowest BCUT2D eigenvalue weighted by molar-refractivity contribution is 0.222. The van der Waals surface area contributed by atoms with Gasteiger partial charge in [0.2, 0.25) is 0 Å². The number of aliphatic imine (C=N–C) groups is 1. The molecular formula is C27H31FN6. The molecule has 0 radical (unpaired) electrons. The molecule has 4 aromatic rings. The second-order valence-electron chi connectivity index (χ2n) is 9.13. The molecule has 1 aliphatic rings. The van der Waals surface area contributed by atoms with E-state index < -0.39 is 0 Å². The summed E-state index contributed by atoms with van der Waals surface area (Å²) in [4.78, 5) is 19.0. The summed E-state index contributed by atoms with van der Waals surface area (Å²) in [6, 6.07) is 6.03. The molecule has 0 amide bonds. The van der Waals surface area contributed by atoms with Crippen LogP contribution in [-0.2, 0) is 0 Å². The van der Waals surface area contributed by atoms with Gasteiger partial charge in [0.1, 0.15) is 17.0 Å². The Hall–Kier alpha value is -3.32. The average Bonchev–Trinajstić information content (AvgIpc) is 3.41. The first-order chi connectivity index (χ1) is 16.5. The summed E-state index contributed by atoms with van der Waals surface area (Å²) in [7, 11) is 3.93. The summed E-state index contributed by atoms with van der Waals surface area (Å²) in [6.45, 7) is 6.16. The number of nitrogens with one attached hydrogen (secondary N) is 1. The van der Waals surface area contributed by atoms with Gasteiger partial charge in [-0.3, -0.25) is 4.99 Å². The number of aryl methyl sites for hydroxylation is 1. The molecule has 1 aromatic carbocycles.